The largest absolute Gasteiger partial charge is 0.370 e. The minimum Gasteiger partial charge on any atom is -0.370 e. The highest BCUT2D eigenvalue weighted by Crippen LogP contribution is 2.18. The van der Waals surface area contributed by atoms with Crippen molar-refractivity contribution < 1.29 is 0 Å². The molecule has 14 heavy (non-hydrogen) atoms. The van der Waals surface area contributed by atoms with Crippen molar-refractivity contribution in [2.24, 2.45) is 4.99 Å². The Kier molecular flexibility index (Phi) is 3.69. The van der Waals surface area contributed by atoms with Crippen molar-refractivity contribution in [3.63, 3.8) is 0 Å². The molecule has 0 aromatic carbocycles. The van der Waals surface area contributed by atoms with Gasteiger partial charge < -0.3 is 4.90 Å². The lowest BCUT2D eigenvalue weighted by molar-refractivity contribution is 0.352. The lowest BCUT2D eigenvalue weighted by Gasteiger charge is -2.25. The van der Waals surface area contributed by atoms with Crippen molar-refractivity contribution in [3.05, 3.63) is 35.7 Å². The molecule has 0 saturated carbocycles. The Bertz CT molecular complexity index is 295. The molecule has 0 aromatic rings. The normalized spacial score (nSPS) is 16.0. The lowest BCUT2D eigenvalue weighted by Crippen LogP contribution is -2.25. The van der Waals surface area contributed by atoms with Gasteiger partial charge in [0.25, 0.3) is 0 Å². The first-order valence-corrected chi connectivity index (χ1v) is 4.93. The second-order valence-corrected chi connectivity index (χ2v) is 3.67. The van der Waals surface area contributed by atoms with Crippen molar-refractivity contribution in [1.82, 2.24) is 4.90 Å². The number of likely N-dealkylation sites (N-methyl/N-ethyl adjacent to an activating group) is 1. The van der Waals surface area contributed by atoms with Gasteiger partial charge in [-0.05, 0) is 39.1 Å². The molecule has 0 saturated heterocycles. The van der Waals surface area contributed by atoms with Gasteiger partial charge in [0.05, 0.1) is 11.4 Å². The van der Waals surface area contributed by atoms with Crippen molar-refractivity contribution in [3.8, 4) is 0 Å². The minimum atomic E-state index is 0.470. The van der Waals surface area contributed by atoms with Crippen LogP contribution < -0.4 is 0 Å². The van der Waals surface area contributed by atoms with E-state index in [1.165, 1.54) is 0 Å². The van der Waals surface area contributed by atoms with E-state index in [1.807, 2.05) is 6.08 Å². The van der Waals surface area contributed by atoms with Crippen LogP contribution in [0.25, 0.3) is 0 Å². The van der Waals surface area contributed by atoms with E-state index in [2.05, 4.69) is 55.7 Å². The van der Waals surface area contributed by atoms with Crippen LogP contribution in [0.4, 0.5) is 0 Å². The average molecular weight is 190 g/mol. The fraction of sp³-hybridized carbons (Fsp3) is 0.417. The van der Waals surface area contributed by atoms with Gasteiger partial charge in [0.1, 0.15) is 0 Å². The second kappa shape index (κ2) is 4.80. The van der Waals surface area contributed by atoms with Crippen molar-refractivity contribution >= 4 is 6.72 Å². The van der Waals surface area contributed by atoms with Gasteiger partial charge in [0.2, 0.25) is 0 Å². The smallest absolute Gasteiger partial charge is 0.0852 e. The van der Waals surface area contributed by atoms with Crippen LogP contribution in [-0.4, -0.2) is 24.7 Å². The van der Waals surface area contributed by atoms with E-state index in [1.54, 1.807) is 0 Å². The van der Waals surface area contributed by atoms with E-state index in [0.29, 0.717) is 6.04 Å². The molecule has 0 atom stereocenters. The molecule has 0 aromatic heterocycles. The maximum Gasteiger partial charge on any atom is 0.0852 e. The molecule has 1 rings (SSSR count). The van der Waals surface area contributed by atoms with Gasteiger partial charge in [-0.1, -0.05) is 12.2 Å². The van der Waals surface area contributed by atoms with Gasteiger partial charge in [-0.15, -0.1) is 0 Å². The molecule has 0 unspecified atom stereocenters. The molecule has 0 fully saturated rings. The Hall–Kier alpha value is -1.31. The highest BCUT2D eigenvalue weighted by molar-refractivity contribution is 5.40. The predicted molar refractivity (Wildman–Crippen MR) is 62.4 cm³/mol. The summed E-state index contributed by atoms with van der Waals surface area (Å²) >= 11 is 0. The summed E-state index contributed by atoms with van der Waals surface area (Å²) in [4.78, 5) is 6.25. The first kappa shape index (κ1) is 10.8. The molecule has 0 aliphatic heterocycles. The minimum absolute atomic E-state index is 0.470. The SMILES string of the molecule is C=NC1=C(N(C)C(C)C)C=CCC=C1. The van der Waals surface area contributed by atoms with Crippen molar-refractivity contribution in [2.45, 2.75) is 26.3 Å². The van der Waals surface area contributed by atoms with Crippen LogP contribution in [-0.2, 0) is 0 Å². The molecule has 2 heteroatoms. The molecule has 0 amide bonds. The summed E-state index contributed by atoms with van der Waals surface area (Å²) in [5.41, 5.74) is 2.10. The molecule has 0 N–H and O–H groups in total. The number of hydrogen-bond acceptors (Lipinski definition) is 2. The Morgan fingerprint density at radius 3 is 2.57 bits per heavy atom. The van der Waals surface area contributed by atoms with Gasteiger partial charge in [0, 0.05) is 13.1 Å². The standard InChI is InChI=1S/C12H18N2/c1-10(2)14(4)12-9-7-5-6-8-11(12)13-3/h6-10H,3,5H2,1-2,4H3. The zero-order valence-electron chi connectivity index (χ0n) is 9.20. The number of rotatable bonds is 3. The van der Waals surface area contributed by atoms with Crippen LogP contribution >= 0.6 is 0 Å². The zero-order chi connectivity index (χ0) is 10.6. The average Bonchev–Trinajstić information content (AvgIpc) is 2.40. The number of aliphatic imine (C=N–C) groups is 1. The predicted octanol–water partition coefficient (Wildman–Crippen LogP) is 2.75. The Morgan fingerprint density at radius 2 is 2.00 bits per heavy atom. The van der Waals surface area contributed by atoms with Crippen molar-refractivity contribution in [1.29, 1.82) is 0 Å². The summed E-state index contributed by atoms with van der Waals surface area (Å²) in [5.74, 6) is 0. The van der Waals surface area contributed by atoms with Crippen molar-refractivity contribution in [2.75, 3.05) is 7.05 Å². The Labute approximate surface area is 86.3 Å². The summed E-state index contributed by atoms with van der Waals surface area (Å²) in [6, 6.07) is 0.470. The third kappa shape index (κ3) is 2.34. The summed E-state index contributed by atoms with van der Waals surface area (Å²) < 4.78 is 0. The fourth-order valence-corrected chi connectivity index (χ4v) is 1.32. The van der Waals surface area contributed by atoms with E-state index >= 15 is 0 Å². The zero-order valence-corrected chi connectivity index (χ0v) is 9.20. The van der Waals surface area contributed by atoms with E-state index in [4.69, 9.17) is 0 Å². The van der Waals surface area contributed by atoms with E-state index in [9.17, 15) is 0 Å². The quantitative estimate of drug-likeness (QED) is 0.625. The number of hydrogen-bond donors (Lipinski definition) is 0. The first-order chi connectivity index (χ1) is 6.66. The lowest BCUT2D eigenvalue weighted by atomic mass is 10.2. The Morgan fingerprint density at radius 1 is 1.36 bits per heavy atom. The molecular formula is C12H18N2. The maximum atomic E-state index is 4.04. The number of nitrogens with zero attached hydrogens (tertiary/aromatic N) is 2. The first-order valence-electron chi connectivity index (χ1n) is 4.93. The second-order valence-electron chi connectivity index (χ2n) is 3.67. The maximum absolute atomic E-state index is 4.04. The van der Waals surface area contributed by atoms with E-state index in [0.717, 1.165) is 17.8 Å². The van der Waals surface area contributed by atoms with Gasteiger partial charge in [-0.25, -0.2) is 0 Å². The van der Waals surface area contributed by atoms with Crippen LogP contribution in [0.2, 0.25) is 0 Å². The van der Waals surface area contributed by atoms with Crippen LogP contribution in [0.5, 0.6) is 0 Å². The highest BCUT2D eigenvalue weighted by atomic mass is 15.1. The van der Waals surface area contributed by atoms with Crippen LogP contribution in [0.1, 0.15) is 20.3 Å². The van der Waals surface area contributed by atoms with E-state index in [-0.39, 0.29) is 0 Å². The van der Waals surface area contributed by atoms with Crippen LogP contribution in [0.15, 0.2) is 40.7 Å². The topological polar surface area (TPSA) is 15.6 Å². The number of allylic oxidation sites excluding steroid dienone is 4. The third-order valence-electron chi connectivity index (χ3n) is 2.41. The van der Waals surface area contributed by atoms with Crippen LogP contribution in [0, 0.1) is 0 Å². The van der Waals surface area contributed by atoms with Gasteiger partial charge >= 0.3 is 0 Å². The van der Waals surface area contributed by atoms with Gasteiger partial charge in [0.15, 0.2) is 0 Å². The van der Waals surface area contributed by atoms with Crippen LogP contribution in [0.3, 0.4) is 0 Å². The summed E-state index contributed by atoms with van der Waals surface area (Å²) in [7, 11) is 2.08. The molecule has 1 aliphatic rings. The molecule has 2 nitrogen and oxygen atoms in total. The summed E-state index contributed by atoms with van der Waals surface area (Å²) in [6.07, 6.45) is 9.35. The van der Waals surface area contributed by atoms with Gasteiger partial charge in [-0.2, -0.15) is 0 Å². The molecule has 0 spiro atoms. The molecule has 76 valence electrons. The summed E-state index contributed by atoms with van der Waals surface area (Å²) in [5, 5.41) is 0. The third-order valence-corrected chi connectivity index (χ3v) is 2.41. The monoisotopic (exact) mass is 190 g/mol. The molecule has 1 aliphatic carbocycles. The molecular weight excluding hydrogens is 172 g/mol. The van der Waals surface area contributed by atoms with E-state index < -0.39 is 0 Å². The Balaban J connectivity index is 3.05. The molecule has 0 radical (unpaired) electrons. The highest BCUT2D eigenvalue weighted by Gasteiger charge is 2.10. The molecule has 0 bridgehead atoms. The van der Waals surface area contributed by atoms with Gasteiger partial charge in [-0.3, -0.25) is 4.99 Å². The summed E-state index contributed by atoms with van der Waals surface area (Å²) in [6.45, 7) is 7.92. The molecule has 0 heterocycles. The fourth-order valence-electron chi connectivity index (χ4n) is 1.32.